The molecule has 0 unspecified atom stereocenters. The summed E-state index contributed by atoms with van der Waals surface area (Å²) >= 11 is 0. The zero-order chi connectivity index (χ0) is 14.9. The van der Waals surface area contributed by atoms with Gasteiger partial charge in [-0.15, -0.1) is 0 Å². The number of carbonyl (C=O) groups excluding carboxylic acids is 1. The summed E-state index contributed by atoms with van der Waals surface area (Å²) in [6, 6.07) is 18.8. The van der Waals surface area contributed by atoms with E-state index in [9.17, 15) is 4.79 Å². The average molecular weight is 288 g/mol. The van der Waals surface area contributed by atoms with Crippen LogP contribution in [-0.2, 0) is 0 Å². The van der Waals surface area contributed by atoms with Crippen molar-refractivity contribution in [2.45, 2.75) is 32.1 Å². The van der Waals surface area contributed by atoms with E-state index in [0.29, 0.717) is 5.78 Å². The molecule has 0 amide bonds. The monoisotopic (exact) mass is 288 g/mol. The molecule has 0 bridgehead atoms. The molecule has 3 aromatic rings. The van der Waals surface area contributed by atoms with Crippen molar-refractivity contribution in [2.24, 2.45) is 5.92 Å². The Morgan fingerprint density at radius 2 is 1.41 bits per heavy atom. The van der Waals surface area contributed by atoms with Crippen LogP contribution in [0.25, 0.3) is 21.5 Å². The van der Waals surface area contributed by atoms with E-state index in [0.717, 1.165) is 23.8 Å². The van der Waals surface area contributed by atoms with Crippen LogP contribution in [-0.4, -0.2) is 5.78 Å². The number of benzene rings is 3. The van der Waals surface area contributed by atoms with Crippen molar-refractivity contribution in [3.8, 4) is 0 Å². The van der Waals surface area contributed by atoms with Crippen LogP contribution >= 0.6 is 0 Å². The summed E-state index contributed by atoms with van der Waals surface area (Å²) in [7, 11) is 0. The van der Waals surface area contributed by atoms with Gasteiger partial charge in [0.2, 0.25) is 0 Å². The van der Waals surface area contributed by atoms with Gasteiger partial charge in [0.05, 0.1) is 0 Å². The van der Waals surface area contributed by atoms with Crippen molar-refractivity contribution in [1.82, 2.24) is 0 Å². The average Bonchev–Trinajstić information content (AvgIpc) is 2.61. The molecule has 22 heavy (non-hydrogen) atoms. The van der Waals surface area contributed by atoms with Gasteiger partial charge in [0.1, 0.15) is 0 Å². The van der Waals surface area contributed by atoms with Crippen LogP contribution in [0, 0.1) is 5.92 Å². The van der Waals surface area contributed by atoms with Gasteiger partial charge >= 0.3 is 0 Å². The molecule has 1 aliphatic rings. The van der Waals surface area contributed by atoms with Gasteiger partial charge in [0, 0.05) is 11.5 Å². The third-order valence-electron chi connectivity index (χ3n) is 5.01. The van der Waals surface area contributed by atoms with Crippen LogP contribution in [0.4, 0.5) is 0 Å². The molecule has 0 radical (unpaired) electrons. The van der Waals surface area contributed by atoms with Crippen molar-refractivity contribution in [3.63, 3.8) is 0 Å². The van der Waals surface area contributed by atoms with Crippen LogP contribution in [0.3, 0.4) is 0 Å². The topological polar surface area (TPSA) is 17.1 Å². The van der Waals surface area contributed by atoms with Crippen molar-refractivity contribution >= 4 is 27.3 Å². The number of Topliss-reactive ketones (excluding diaryl/α,β-unsaturated/α-hetero) is 1. The van der Waals surface area contributed by atoms with Gasteiger partial charge in [-0.05, 0) is 40.5 Å². The molecule has 1 aliphatic carbocycles. The maximum Gasteiger partial charge on any atom is 0.166 e. The fourth-order valence-electron chi connectivity index (χ4n) is 3.84. The first-order chi connectivity index (χ1) is 10.8. The highest BCUT2D eigenvalue weighted by Gasteiger charge is 2.24. The molecule has 1 heteroatoms. The zero-order valence-electron chi connectivity index (χ0n) is 12.7. The number of hydrogen-bond acceptors (Lipinski definition) is 1. The van der Waals surface area contributed by atoms with Crippen molar-refractivity contribution in [2.75, 3.05) is 0 Å². The smallest absolute Gasteiger partial charge is 0.166 e. The fourth-order valence-corrected chi connectivity index (χ4v) is 3.84. The lowest BCUT2D eigenvalue weighted by Gasteiger charge is -2.21. The van der Waals surface area contributed by atoms with Gasteiger partial charge in [0.15, 0.2) is 5.78 Å². The van der Waals surface area contributed by atoms with Gasteiger partial charge in [-0.1, -0.05) is 67.8 Å². The Kier molecular flexibility index (Phi) is 3.42. The molecule has 4 rings (SSSR count). The molecule has 3 aromatic carbocycles. The molecule has 1 saturated carbocycles. The molecule has 0 spiro atoms. The van der Waals surface area contributed by atoms with Gasteiger partial charge in [-0.25, -0.2) is 0 Å². The van der Waals surface area contributed by atoms with Crippen LogP contribution in [0.5, 0.6) is 0 Å². The third kappa shape index (κ3) is 2.21. The number of fused-ring (bicyclic) bond motifs is 3. The Labute approximate surface area is 131 Å². The first kappa shape index (κ1) is 13.5. The molecule has 0 heterocycles. The molecule has 1 fully saturated rings. The highest BCUT2D eigenvalue weighted by Crippen LogP contribution is 2.33. The minimum atomic E-state index is 0.221. The lowest BCUT2D eigenvalue weighted by molar-refractivity contribution is 0.0891. The van der Waals surface area contributed by atoms with Gasteiger partial charge in [-0.2, -0.15) is 0 Å². The molecule has 0 atom stereocenters. The molecule has 0 N–H and O–H groups in total. The summed E-state index contributed by atoms with van der Waals surface area (Å²) in [5.74, 6) is 0.569. The van der Waals surface area contributed by atoms with Crippen LogP contribution < -0.4 is 0 Å². The second kappa shape index (κ2) is 5.57. The Morgan fingerprint density at radius 3 is 2.18 bits per heavy atom. The Balaban J connectivity index is 1.93. The van der Waals surface area contributed by atoms with Crippen LogP contribution in [0.2, 0.25) is 0 Å². The lowest BCUT2D eigenvalue weighted by Crippen LogP contribution is -2.18. The highest BCUT2D eigenvalue weighted by atomic mass is 16.1. The van der Waals surface area contributed by atoms with Crippen LogP contribution in [0.15, 0.2) is 54.6 Å². The highest BCUT2D eigenvalue weighted by molar-refractivity contribution is 6.18. The third-order valence-corrected chi connectivity index (χ3v) is 5.01. The van der Waals surface area contributed by atoms with Gasteiger partial charge in [-0.3, -0.25) is 4.79 Å². The van der Waals surface area contributed by atoms with Gasteiger partial charge < -0.3 is 0 Å². The summed E-state index contributed by atoms with van der Waals surface area (Å²) in [4.78, 5) is 13.1. The summed E-state index contributed by atoms with van der Waals surface area (Å²) in [5.41, 5.74) is 0.918. The summed E-state index contributed by atoms with van der Waals surface area (Å²) < 4.78 is 0. The fraction of sp³-hybridized carbons (Fsp3) is 0.286. The SMILES string of the molecule is O=C(c1cc2ccccc2c2ccccc12)C1CCCCC1. The number of carbonyl (C=O) groups is 1. The summed E-state index contributed by atoms with van der Waals surface area (Å²) in [5, 5.41) is 4.70. The predicted octanol–water partition coefficient (Wildman–Crippen LogP) is 5.76. The maximum atomic E-state index is 13.1. The molecule has 110 valence electrons. The first-order valence-corrected chi connectivity index (χ1v) is 8.29. The summed E-state index contributed by atoms with van der Waals surface area (Å²) in [6.45, 7) is 0. The molecule has 0 saturated heterocycles. The van der Waals surface area contributed by atoms with E-state index in [1.165, 1.54) is 35.4 Å². The lowest BCUT2D eigenvalue weighted by atomic mass is 9.82. The Morgan fingerprint density at radius 1 is 0.773 bits per heavy atom. The molecule has 0 aliphatic heterocycles. The van der Waals surface area contributed by atoms with Crippen molar-refractivity contribution in [3.05, 3.63) is 60.2 Å². The standard InChI is InChI=1S/C21H20O/c22-21(15-8-2-1-3-9-15)20-14-16-10-4-5-11-17(16)18-12-6-7-13-19(18)20/h4-7,10-15H,1-3,8-9H2. The molecule has 1 nitrogen and oxygen atoms in total. The largest absolute Gasteiger partial charge is 0.294 e. The number of hydrogen-bond donors (Lipinski definition) is 0. The van der Waals surface area contributed by atoms with E-state index in [4.69, 9.17) is 0 Å². The zero-order valence-corrected chi connectivity index (χ0v) is 12.7. The normalized spacial score (nSPS) is 16.2. The van der Waals surface area contributed by atoms with Gasteiger partial charge in [0.25, 0.3) is 0 Å². The first-order valence-electron chi connectivity index (χ1n) is 8.29. The second-order valence-corrected chi connectivity index (χ2v) is 6.39. The van der Waals surface area contributed by atoms with E-state index in [2.05, 4.69) is 42.5 Å². The van der Waals surface area contributed by atoms with E-state index in [1.54, 1.807) is 0 Å². The van der Waals surface area contributed by atoms with Crippen molar-refractivity contribution in [1.29, 1.82) is 0 Å². The Bertz CT molecular complexity index is 841. The Hall–Kier alpha value is -2.15. The summed E-state index contributed by atoms with van der Waals surface area (Å²) in [6.07, 6.45) is 5.78. The molecular weight excluding hydrogens is 268 g/mol. The quantitative estimate of drug-likeness (QED) is 0.433. The molecule has 0 aromatic heterocycles. The number of ketones is 1. The minimum Gasteiger partial charge on any atom is -0.294 e. The molecular formula is C21H20O. The minimum absolute atomic E-state index is 0.221. The second-order valence-electron chi connectivity index (χ2n) is 6.39. The van der Waals surface area contributed by atoms with Crippen molar-refractivity contribution < 1.29 is 4.79 Å². The van der Waals surface area contributed by atoms with E-state index in [-0.39, 0.29) is 5.92 Å². The maximum absolute atomic E-state index is 13.1. The predicted molar refractivity (Wildman–Crippen MR) is 92.4 cm³/mol. The van der Waals surface area contributed by atoms with E-state index in [1.807, 2.05) is 12.1 Å². The van der Waals surface area contributed by atoms with E-state index < -0.39 is 0 Å². The number of rotatable bonds is 2. The van der Waals surface area contributed by atoms with E-state index >= 15 is 0 Å². The van der Waals surface area contributed by atoms with Crippen LogP contribution in [0.1, 0.15) is 42.5 Å².